The maximum absolute atomic E-state index is 11.3. The number of hydrogen-bond acceptors (Lipinski definition) is 3. The average molecular weight is 218 g/mol. The Morgan fingerprint density at radius 1 is 1.57 bits per heavy atom. The zero-order chi connectivity index (χ0) is 10.8. The van der Waals surface area contributed by atoms with Gasteiger partial charge in [-0.1, -0.05) is 6.92 Å². The lowest BCUT2D eigenvalue weighted by atomic mass is 10.2. The quantitative estimate of drug-likeness (QED) is 0.605. The number of amides is 1. The molecule has 0 aliphatic carbocycles. The molecule has 0 aliphatic rings. The van der Waals surface area contributed by atoms with Gasteiger partial charge in [-0.3, -0.25) is 4.79 Å². The van der Waals surface area contributed by atoms with Crippen molar-refractivity contribution in [2.24, 2.45) is 5.73 Å². The Balaban J connectivity index is 3.40. The van der Waals surface area contributed by atoms with Gasteiger partial charge < -0.3 is 11.1 Å². The largest absolute Gasteiger partial charge is 0.354 e. The van der Waals surface area contributed by atoms with Crippen LogP contribution < -0.4 is 11.1 Å². The van der Waals surface area contributed by atoms with Gasteiger partial charge in [-0.25, -0.2) is 0 Å². The molecule has 1 atom stereocenters. The fourth-order valence-corrected chi connectivity index (χ4v) is 1.90. The van der Waals surface area contributed by atoms with Crippen LogP contribution in [0.4, 0.5) is 0 Å². The van der Waals surface area contributed by atoms with E-state index in [4.69, 9.17) is 5.73 Å². The van der Waals surface area contributed by atoms with Gasteiger partial charge in [-0.2, -0.15) is 11.8 Å². The number of hydrogen-bond donors (Lipinski definition) is 2. The molecule has 14 heavy (non-hydrogen) atoms. The average Bonchev–Trinajstić information content (AvgIpc) is 2.15. The molecule has 0 aliphatic heterocycles. The summed E-state index contributed by atoms with van der Waals surface area (Å²) in [7, 11) is 0. The first-order chi connectivity index (χ1) is 6.70. The summed E-state index contributed by atoms with van der Waals surface area (Å²) in [5, 5.41) is 2.97. The van der Waals surface area contributed by atoms with E-state index in [-0.39, 0.29) is 5.91 Å². The van der Waals surface area contributed by atoms with E-state index < -0.39 is 0 Å². The van der Waals surface area contributed by atoms with E-state index in [0.29, 0.717) is 19.0 Å². The first kappa shape index (κ1) is 13.8. The van der Waals surface area contributed by atoms with Gasteiger partial charge in [-0.05, 0) is 37.8 Å². The van der Waals surface area contributed by atoms with E-state index in [1.54, 1.807) is 0 Å². The van der Waals surface area contributed by atoms with Crippen molar-refractivity contribution < 1.29 is 4.79 Å². The van der Waals surface area contributed by atoms with Crippen molar-refractivity contribution in [2.45, 2.75) is 39.2 Å². The van der Waals surface area contributed by atoms with Crippen LogP contribution >= 0.6 is 11.8 Å². The summed E-state index contributed by atoms with van der Waals surface area (Å²) in [4.78, 5) is 11.3. The molecule has 0 aromatic rings. The summed E-state index contributed by atoms with van der Waals surface area (Å²) in [5.74, 6) is 2.40. The Morgan fingerprint density at radius 3 is 2.86 bits per heavy atom. The molecule has 4 heteroatoms. The van der Waals surface area contributed by atoms with Crippen LogP contribution in [0.25, 0.3) is 0 Å². The summed E-state index contributed by atoms with van der Waals surface area (Å²) in [6.07, 6.45) is 2.39. The summed E-state index contributed by atoms with van der Waals surface area (Å²) < 4.78 is 0. The number of carbonyl (C=O) groups is 1. The van der Waals surface area contributed by atoms with Gasteiger partial charge >= 0.3 is 0 Å². The predicted octanol–water partition coefficient (Wildman–Crippen LogP) is 1.37. The summed E-state index contributed by atoms with van der Waals surface area (Å²) in [6, 6.07) is 0.291. The smallest absolute Gasteiger partial charge is 0.220 e. The van der Waals surface area contributed by atoms with Gasteiger partial charge in [0.15, 0.2) is 0 Å². The molecule has 3 nitrogen and oxygen atoms in total. The lowest BCUT2D eigenvalue weighted by Crippen LogP contribution is -2.33. The predicted molar refractivity (Wildman–Crippen MR) is 63.5 cm³/mol. The Bertz CT molecular complexity index is 153. The summed E-state index contributed by atoms with van der Waals surface area (Å²) >= 11 is 1.91. The van der Waals surface area contributed by atoms with Crippen molar-refractivity contribution in [3.63, 3.8) is 0 Å². The van der Waals surface area contributed by atoms with E-state index in [9.17, 15) is 4.79 Å². The molecule has 0 bridgehead atoms. The lowest BCUT2D eigenvalue weighted by molar-refractivity contribution is -0.121. The van der Waals surface area contributed by atoms with Crippen LogP contribution in [-0.4, -0.2) is 30.0 Å². The zero-order valence-corrected chi connectivity index (χ0v) is 10.0. The Kier molecular flexibility index (Phi) is 9.19. The fraction of sp³-hybridized carbons (Fsp3) is 0.900. The minimum atomic E-state index is 0.129. The zero-order valence-electron chi connectivity index (χ0n) is 9.21. The van der Waals surface area contributed by atoms with Gasteiger partial charge in [0.25, 0.3) is 0 Å². The second-order valence-corrected chi connectivity index (χ2v) is 4.74. The number of rotatable bonds is 8. The molecule has 0 heterocycles. The monoisotopic (exact) mass is 218 g/mol. The fourth-order valence-electron chi connectivity index (χ4n) is 1.09. The highest BCUT2D eigenvalue weighted by atomic mass is 32.2. The van der Waals surface area contributed by atoms with Gasteiger partial charge in [0.05, 0.1) is 0 Å². The standard InChI is InChI=1S/C10H22N2OS/c1-3-14-8-6-9(2)12-10(13)5-4-7-11/h9H,3-8,11H2,1-2H3,(H,12,13). The van der Waals surface area contributed by atoms with Crippen molar-refractivity contribution in [1.29, 1.82) is 0 Å². The molecule has 0 fully saturated rings. The van der Waals surface area contributed by atoms with Gasteiger partial charge in [0.2, 0.25) is 5.91 Å². The second kappa shape index (κ2) is 9.34. The highest BCUT2D eigenvalue weighted by Crippen LogP contribution is 2.03. The lowest BCUT2D eigenvalue weighted by Gasteiger charge is -2.13. The topological polar surface area (TPSA) is 55.1 Å². The molecular weight excluding hydrogens is 196 g/mol. The van der Waals surface area contributed by atoms with Crippen LogP contribution in [0.1, 0.15) is 33.1 Å². The van der Waals surface area contributed by atoms with E-state index in [1.165, 1.54) is 0 Å². The third-order valence-electron chi connectivity index (χ3n) is 1.91. The number of carbonyl (C=O) groups excluding carboxylic acids is 1. The van der Waals surface area contributed by atoms with Crippen molar-refractivity contribution in [1.82, 2.24) is 5.32 Å². The second-order valence-electron chi connectivity index (χ2n) is 3.35. The molecule has 1 amide bonds. The van der Waals surface area contributed by atoms with Crippen LogP contribution in [0.3, 0.4) is 0 Å². The van der Waals surface area contributed by atoms with E-state index in [0.717, 1.165) is 24.3 Å². The maximum atomic E-state index is 11.3. The minimum Gasteiger partial charge on any atom is -0.354 e. The molecule has 0 saturated carbocycles. The van der Waals surface area contributed by atoms with E-state index in [1.807, 2.05) is 11.8 Å². The molecule has 0 saturated heterocycles. The molecule has 3 N–H and O–H groups in total. The SMILES string of the molecule is CCSCCC(C)NC(=O)CCCN. The van der Waals surface area contributed by atoms with Crippen LogP contribution in [0.5, 0.6) is 0 Å². The molecule has 1 unspecified atom stereocenters. The van der Waals surface area contributed by atoms with E-state index >= 15 is 0 Å². The first-order valence-electron chi connectivity index (χ1n) is 5.27. The van der Waals surface area contributed by atoms with Gasteiger partial charge in [0, 0.05) is 12.5 Å². The Labute approximate surface area is 91.2 Å². The summed E-state index contributed by atoms with van der Waals surface area (Å²) in [5.41, 5.74) is 5.32. The first-order valence-corrected chi connectivity index (χ1v) is 6.43. The van der Waals surface area contributed by atoms with Crippen molar-refractivity contribution >= 4 is 17.7 Å². The molecule has 0 spiro atoms. The molecule has 0 radical (unpaired) electrons. The Morgan fingerprint density at radius 2 is 2.29 bits per heavy atom. The molecular formula is C10H22N2OS. The molecule has 0 aromatic heterocycles. The normalized spacial score (nSPS) is 12.5. The Hall–Kier alpha value is -0.220. The van der Waals surface area contributed by atoms with Crippen LogP contribution in [0.2, 0.25) is 0 Å². The number of thioether (sulfide) groups is 1. The molecule has 0 rings (SSSR count). The number of nitrogens with two attached hydrogens (primary N) is 1. The third-order valence-corrected chi connectivity index (χ3v) is 2.85. The molecule has 84 valence electrons. The van der Waals surface area contributed by atoms with Crippen molar-refractivity contribution in [3.05, 3.63) is 0 Å². The highest BCUT2D eigenvalue weighted by Gasteiger charge is 2.05. The van der Waals surface area contributed by atoms with Crippen LogP contribution in [0, 0.1) is 0 Å². The highest BCUT2D eigenvalue weighted by molar-refractivity contribution is 7.99. The third kappa shape index (κ3) is 8.38. The van der Waals surface area contributed by atoms with E-state index in [2.05, 4.69) is 19.2 Å². The minimum absolute atomic E-state index is 0.129. The maximum Gasteiger partial charge on any atom is 0.220 e. The van der Waals surface area contributed by atoms with Crippen molar-refractivity contribution in [3.8, 4) is 0 Å². The van der Waals surface area contributed by atoms with Crippen LogP contribution in [-0.2, 0) is 4.79 Å². The van der Waals surface area contributed by atoms with Crippen molar-refractivity contribution in [2.75, 3.05) is 18.1 Å². The summed E-state index contributed by atoms with van der Waals surface area (Å²) in [6.45, 7) is 4.79. The molecule has 0 aromatic carbocycles. The van der Waals surface area contributed by atoms with Gasteiger partial charge in [-0.15, -0.1) is 0 Å². The van der Waals surface area contributed by atoms with Crippen LogP contribution in [0.15, 0.2) is 0 Å². The number of nitrogens with one attached hydrogen (secondary N) is 1. The van der Waals surface area contributed by atoms with Gasteiger partial charge in [0.1, 0.15) is 0 Å².